The number of carboxylic acid groups (broad SMARTS) is 1. The summed E-state index contributed by atoms with van der Waals surface area (Å²) >= 11 is 0. The van der Waals surface area contributed by atoms with Crippen molar-refractivity contribution in [2.75, 3.05) is 0 Å². The molecule has 0 aliphatic heterocycles. The SMILES string of the molecule is O=C(O)c1ccccc1Oc1cccc2c1CCCC2. The van der Waals surface area contributed by atoms with E-state index in [4.69, 9.17) is 4.74 Å². The van der Waals surface area contributed by atoms with Gasteiger partial charge in [-0.2, -0.15) is 0 Å². The summed E-state index contributed by atoms with van der Waals surface area (Å²) in [5.74, 6) is 0.222. The summed E-state index contributed by atoms with van der Waals surface area (Å²) in [6.45, 7) is 0. The molecule has 0 atom stereocenters. The van der Waals surface area contributed by atoms with E-state index in [1.54, 1.807) is 24.3 Å². The van der Waals surface area contributed by atoms with Crippen LogP contribution < -0.4 is 4.74 Å². The summed E-state index contributed by atoms with van der Waals surface area (Å²) in [6.07, 6.45) is 4.45. The van der Waals surface area contributed by atoms with Crippen molar-refractivity contribution in [3.63, 3.8) is 0 Å². The lowest BCUT2D eigenvalue weighted by atomic mass is 9.91. The van der Waals surface area contributed by atoms with Crippen molar-refractivity contribution in [3.8, 4) is 11.5 Å². The van der Waals surface area contributed by atoms with Crippen LogP contribution in [0.5, 0.6) is 11.5 Å². The average molecular weight is 268 g/mol. The first kappa shape index (κ1) is 12.7. The molecular weight excluding hydrogens is 252 g/mol. The molecule has 2 aromatic carbocycles. The predicted molar refractivity (Wildman–Crippen MR) is 76.6 cm³/mol. The molecule has 0 unspecified atom stereocenters. The van der Waals surface area contributed by atoms with Crippen molar-refractivity contribution in [1.29, 1.82) is 0 Å². The van der Waals surface area contributed by atoms with Crippen LogP contribution in [0.2, 0.25) is 0 Å². The molecule has 0 radical (unpaired) electrons. The Bertz CT molecular complexity index is 646. The van der Waals surface area contributed by atoms with E-state index in [-0.39, 0.29) is 5.56 Å². The smallest absolute Gasteiger partial charge is 0.339 e. The van der Waals surface area contributed by atoms with E-state index in [1.165, 1.54) is 17.5 Å². The molecule has 102 valence electrons. The molecule has 3 heteroatoms. The molecule has 20 heavy (non-hydrogen) atoms. The summed E-state index contributed by atoms with van der Waals surface area (Å²) in [5.41, 5.74) is 2.74. The van der Waals surface area contributed by atoms with Crippen molar-refractivity contribution >= 4 is 5.97 Å². The summed E-state index contributed by atoms with van der Waals surface area (Å²) in [5, 5.41) is 9.20. The van der Waals surface area contributed by atoms with Gasteiger partial charge in [0.1, 0.15) is 17.1 Å². The van der Waals surface area contributed by atoms with Gasteiger partial charge in [0.05, 0.1) is 0 Å². The Morgan fingerprint density at radius 2 is 1.70 bits per heavy atom. The normalized spacial score (nSPS) is 13.6. The van der Waals surface area contributed by atoms with E-state index in [9.17, 15) is 9.90 Å². The maximum absolute atomic E-state index is 11.2. The van der Waals surface area contributed by atoms with E-state index in [0.29, 0.717) is 5.75 Å². The van der Waals surface area contributed by atoms with Crippen LogP contribution >= 0.6 is 0 Å². The molecule has 1 N–H and O–H groups in total. The van der Waals surface area contributed by atoms with Crippen LogP contribution in [-0.4, -0.2) is 11.1 Å². The van der Waals surface area contributed by atoms with E-state index in [0.717, 1.165) is 25.0 Å². The molecule has 0 aromatic heterocycles. The van der Waals surface area contributed by atoms with Gasteiger partial charge in [-0.05, 0) is 55.0 Å². The van der Waals surface area contributed by atoms with Crippen LogP contribution in [0, 0.1) is 0 Å². The van der Waals surface area contributed by atoms with Gasteiger partial charge in [0.2, 0.25) is 0 Å². The van der Waals surface area contributed by atoms with Crippen molar-refractivity contribution in [3.05, 3.63) is 59.2 Å². The minimum Gasteiger partial charge on any atom is -0.478 e. The van der Waals surface area contributed by atoms with Gasteiger partial charge in [0.15, 0.2) is 0 Å². The molecule has 0 saturated carbocycles. The number of benzene rings is 2. The Kier molecular flexibility index (Phi) is 3.42. The second kappa shape index (κ2) is 5.37. The van der Waals surface area contributed by atoms with Gasteiger partial charge >= 0.3 is 5.97 Å². The fraction of sp³-hybridized carbons (Fsp3) is 0.235. The maximum Gasteiger partial charge on any atom is 0.339 e. The number of rotatable bonds is 3. The first-order valence-electron chi connectivity index (χ1n) is 6.86. The Labute approximate surface area is 117 Å². The van der Waals surface area contributed by atoms with Gasteiger partial charge in [-0.1, -0.05) is 24.3 Å². The highest BCUT2D eigenvalue weighted by molar-refractivity contribution is 5.90. The van der Waals surface area contributed by atoms with Gasteiger partial charge in [0, 0.05) is 0 Å². The van der Waals surface area contributed by atoms with Crippen molar-refractivity contribution < 1.29 is 14.6 Å². The summed E-state index contributed by atoms with van der Waals surface area (Å²) in [7, 11) is 0. The summed E-state index contributed by atoms with van der Waals surface area (Å²) in [6, 6.07) is 12.8. The van der Waals surface area contributed by atoms with Crippen LogP contribution in [0.3, 0.4) is 0 Å². The molecule has 1 aliphatic carbocycles. The number of para-hydroxylation sites is 1. The molecule has 3 nitrogen and oxygen atoms in total. The van der Waals surface area contributed by atoms with Crippen LogP contribution in [-0.2, 0) is 12.8 Å². The molecule has 0 amide bonds. The van der Waals surface area contributed by atoms with E-state index < -0.39 is 5.97 Å². The number of aromatic carboxylic acids is 1. The molecule has 0 bridgehead atoms. The number of ether oxygens (including phenoxy) is 1. The lowest BCUT2D eigenvalue weighted by Gasteiger charge is -2.19. The highest BCUT2D eigenvalue weighted by atomic mass is 16.5. The molecule has 2 aromatic rings. The first-order valence-corrected chi connectivity index (χ1v) is 6.86. The Balaban J connectivity index is 1.98. The number of hydrogen-bond acceptors (Lipinski definition) is 2. The maximum atomic E-state index is 11.2. The second-order valence-corrected chi connectivity index (χ2v) is 5.00. The lowest BCUT2D eigenvalue weighted by Crippen LogP contribution is -2.05. The number of hydrogen-bond donors (Lipinski definition) is 1. The van der Waals surface area contributed by atoms with Crippen LogP contribution in [0.25, 0.3) is 0 Å². The van der Waals surface area contributed by atoms with Gasteiger partial charge in [-0.15, -0.1) is 0 Å². The molecule has 0 saturated heterocycles. The minimum absolute atomic E-state index is 0.195. The Morgan fingerprint density at radius 1 is 0.950 bits per heavy atom. The highest BCUT2D eigenvalue weighted by Crippen LogP contribution is 2.33. The van der Waals surface area contributed by atoms with Crippen molar-refractivity contribution in [2.24, 2.45) is 0 Å². The molecule has 0 heterocycles. The average Bonchev–Trinajstić information content (AvgIpc) is 2.48. The minimum atomic E-state index is -0.967. The third-order valence-corrected chi connectivity index (χ3v) is 3.69. The second-order valence-electron chi connectivity index (χ2n) is 5.00. The third-order valence-electron chi connectivity index (χ3n) is 3.69. The number of fused-ring (bicyclic) bond motifs is 1. The largest absolute Gasteiger partial charge is 0.478 e. The van der Waals surface area contributed by atoms with E-state index in [1.807, 2.05) is 12.1 Å². The standard InChI is InChI=1S/C17H16O3/c18-17(19)14-9-3-4-10-16(14)20-15-11-5-7-12-6-1-2-8-13(12)15/h3-5,7,9-11H,1-2,6,8H2,(H,18,19). The number of carbonyl (C=O) groups is 1. The highest BCUT2D eigenvalue weighted by Gasteiger charge is 2.16. The predicted octanol–water partition coefficient (Wildman–Crippen LogP) is 4.06. The van der Waals surface area contributed by atoms with Crippen LogP contribution in [0.1, 0.15) is 34.3 Å². The van der Waals surface area contributed by atoms with Crippen LogP contribution in [0.15, 0.2) is 42.5 Å². The zero-order valence-corrected chi connectivity index (χ0v) is 11.1. The Hall–Kier alpha value is -2.29. The molecule has 3 rings (SSSR count). The van der Waals surface area contributed by atoms with E-state index >= 15 is 0 Å². The molecule has 1 aliphatic rings. The first-order chi connectivity index (χ1) is 9.75. The van der Waals surface area contributed by atoms with Gasteiger partial charge in [0.25, 0.3) is 0 Å². The zero-order valence-electron chi connectivity index (χ0n) is 11.1. The third kappa shape index (κ3) is 2.39. The fourth-order valence-electron chi connectivity index (χ4n) is 2.69. The lowest BCUT2D eigenvalue weighted by molar-refractivity contribution is 0.0694. The topological polar surface area (TPSA) is 46.5 Å². The van der Waals surface area contributed by atoms with Crippen molar-refractivity contribution in [1.82, 2.24) is 0 Å². The Morgan fingerprint density at radius 3 is 2.55 bits per heavy atom. The zero-order chi connectivity index (χ0) is 13.9. The van der Waals surface area contributed by atoms with Gasteiger partial charge in [-0.25, -0.2) is 4.79 Å². The monoisotopic (exact) mass is 268 g/mol. The molecular formula is C17H16O3. The van der Waals surface area contributed by atoms with Crippen LogP contribution in [0.4, 0.5) is 0 Å². The van der Waals surface area contributed by atoms with Gasteiger partial charge in [-0.3, -0.25) is 0 Å². The molecule has 0 spiro atoms. The quantitative estimate of drug-likeness (QED) is 0.913. The van der Waals surface area contributed by atoms with Gasteiger partial charge < -0.3 is 9.84 Å². The number of aryl methyl sites for hydroxylation is 1. The summed E-state index contributed by atoms with van der Waals surface area (Å²) < 4.78 is 5.89. The fourth-order valence-corrected chi connectivity index (χ4v) is 2.69. The number of carboxylic acids is 1. The van der Waals surface area contributed by atoms with E-state index in [2.05, 4.69) is 6.07 Å². The molecule has 0 fully saturated rings. The van der Waals surface area contributed by atoms with Crippen molar-refractivity contribution in [2.45, 2.75) is 25.7 Å². The summed E-state index contributed by atoms with van der Waals surface area (Å²) in [4.78, 5) is 11.2.